The third-order valence-corrected chi connectivity index (χ3v) is 5.10. The van der Waals surface area contributed by atoms with E-state index < -0.39 is 9.84 Å². The zero-order chi connectivity index (χ0) is 14.8. The fourth-order valence-corrected chi connectivity index (χ4v) is 3.67. The predicted octanol–water partition coefficient (Wildman–Crippen LogP) is 0.584. The summed E-state index contributed by atoms with van der Waals surface area (Å²) < 4.78 is 27.7. The molecule has 0 spiro atoms. The summed E-state index contributed by atoms with van der Waals surface area (Å²) in [6.07, 6.45) is 0.916. The van der Waals surface area contributed by atoms with Crippen LogP contribution in [-0.2, 0) is 9.84 Å². The molecular weight excluding hydrogens is 280 g/mol. The minimum Gasteiger partial charge on any atom is -0.495 e. The number of carbonyl (C=O) groups is 1. The maximum Gasteiger partial charge on any atom is 0.251 e. The van der Waals surface area contributed by atoms with Gasteiger partial charge in [-0.05, 0) is 31.0 Å². The molecule has 7 heteroatoms. The topological polar surface area (TPSA) is 98.5 Å². The molecule has 0 unspecified atom stereocenters. The molecule has 0 atom stereocenters. The van der Waals surface area contributed by atoms with Crippen LogP contribution >= 0.6 is 0 Å². The van der Waals surface area contributed by atoms with Crippen molar-refractivity contribution in [3.63, 3.8) is 0 Å². The highest BCUT2D eigenvalue weighted by Gasteiger charge is 2.25. The Hall–Kier alpha value is -1.76. The Balaban J connectivity index is 2.00. The van der Waals surface area contributed by atoms with Crippen LogP contribution in [0.4, 0.5) is 5.69 Å². The number of nitrogens with two attached hydrogens (primary N) is 1. The van der Waals surface area contributed by atoms with Gasteiger partial charge in [0.25, 0.3) is 5.91 Å². The Morgan fingerprint density at radius 2 is 2.00 bits per heavy atom. The lowest BCUT2D eigenvalue weighted by Gasteiger charge is -2.23. The van der Waals surface area contributed by atoms with E-state index in [1.165, 1.54) is 7.11 Å². The van der Waals surface area contributed by atoms with Crippen molar-refractivity contribution in [3.8, 4) is 5.75 Å². The SMILES string of the molecule is COc1ccc(C(=O)NC2CCS(=O)(=O)CC2)cc1N. The average Bonchev–Trinajstić information content (AvgIpc) is 2.41. The van der Waals surface area contributed by atoms with Gasteiger partial charge < -0.3 is 15.8 Å². The minimum absolute atomic E-state index is 0.102. The first-order chi connectivity index (χ1) is 9.41. The molecular formula is C13H18N2O4S. The van der Waals surface area contributed by atoms with Crippen LogP contribution in [0.5, 0.6) is 5.75 Å². The number of rotatable bonds is 3. The number of anilines is 1. The first-order valence-electron chi connectivity index (χ1n) is 6.36. The number of nitrogens with one attached hydrogen (secondary N) is 1. The summed E-state index contributed by atoms with van der Waals surface area (Å²) in [5.74, 6) is 0.528. The van der Waals surface area contributed by atoms with Gasteiger partial charge in [0.2, 0.25) is 0 Å². The number of sulfone groups is 1. The molecule has 3 N–H and O–H groups in total. The Morgan fingerprint density at radius 3 is 2.55 bits per heavy atom. The summed E-state index contributed by atoms with van der Waals surface area (Å²) in [6, 6.07) is 4.71. The number of hydrogen-bond donors (Lipinski definition) is 2. The van der Waals surface area contributed by atoms with Gasteiger partial charge >= 0.3 is 0 Å². The van der Waals surface area contributed by atoms with Crippen molar-refractivity contribution < 1.29 is 17.9 Å². The predicted molar refractivity (Wildman–Crippen MR) is 76.5 cm³/mol. The molecule has 1 aliphatic rings. The molecule has 0 bridgehead atoms. The molecule has 1 heterocycles. The minimum atomic E-state index is -2.92. The van der Waals surface area contributed by atoms with Crippen molar-refractivity contribution >= 4 is 21.4 Å². The summed E-state index contributed by atoms with van der Waals surface area (Å²) in [5.41, 5.74) is 6.59. The van der Waals surface area contributed by atoms with Crippen LogP contribution in [-0.4, -0.2) is 39.0 Å². The summed E-state index contributed by atoms with van der Waals surface area (Å²) in [7, 11) is -1.41. The van der Waals surface area contributed by atoms with Crippen molar-refractivity contribution in [3.05, 3.63) is 23.8 Å². The van der Waals surface area contributed by atoms with Crippen LogP contribution in [0.15, 0.2) is 18.2 Å². The quantitative estimate of drug-likeness (QED) is 0.796. The first-order valence-corrected chi connectivity index (χ1v) is 8.18. The standard InChI is InChI=1S/C13H18N2O4S/c1-19-12-3-2-9(8-11(12)14)13(16)15-10-4-6-20(17,18)7-5-10/h2-3,8,10H,4-7,14H2,1H3,(H,15,16). The normalized spacial score (nSPS) is 18.4. The van der Waals surface area contributed by atoms with E-state index in [2.05, 4.69) is 5.32 Å². The van der Waals surface area contributed by atoms with E-state index in [1.807, 2.05) is 0 Å². The van der Waals surface area contributed by atoms with Crippen molar-refractivity contribution in [2.24, 2.45) is 0 Å². The molecule has 6 nitrogen and oxygen atoms in total. The van der Waals surface area contributed by atoms with E-state index in [1.54, 1.807) is 18.2 Å². The zero-order valence-corrected chi connectivity index (χ0v) is 12.1. The number of carbonyl (C=O) groups excluding carboxylic acids is 1. The summed E-state index contributed by atoms with van der Waals surface area (Å²) in [4.78, 5) is 12.1. The van der Waals surface area contributed by atoms with Crippen molar-refractivity contribution in [2.45, 2.75) is 18.9 Å². The molecule has 1 aromatic carbocycles. The third kappa shape index (κ3) is 3.41. The number of benzene rings is 1. The van der Waals surface area contributed by atoms with E-state index in [-0.39, 0.29) is 23.5 Å². The van der Waals surface area contributed by atoms with Gasteiger partial charge in [-0.15, -0.1) is 0 Å². The average molecular weight is 298 g/mol. The largest absolute Gasteiger partial charge is 0.495 e. The Kier molecular flexibility index (Phi) is 4.17. The van der Waals surface area contributed by atoms with Gasteiger partial charge in [-0.1, -0.05) is 0 Å². The highest BCUT2D eigenvalue weighted by molar-refractivity contribution is 7.91. The maximum atomic E-state index is 12.1. The smallest absolute Gasteiger partial charge is 0.251 e. The van der Waals surface area contributed by atoms with Gasteiger partial charge in [0.15, 0.2) is 0 Å². The van der Waals surface area contributed by atoms with Gasteiger partial charge in [-0.25, -0.2) is 8.42 Å². The molecule has 20 heavy (non-hydrogen) atoms. The molecule has 0 aliphatic carbocycles. The van der Waals surface area contributed by atoms with E-state index in [0.717, 1.165) is 0 Å². The molecule has 0 aromatic heterocycles. The van der Waals surface area contributed by atoms with E-state index in [0.29, 0.717) is 29.8 Å². The lowest BCUT2D eigenvalue weighted by Crippen LogP contribution is -2.40. The molecule has 1 aromatic rings. The second-order valence-electron chi connectivity index (χ2n) is 4.86. The number of nitrogen functional groups attached to an aromatic ring is 1. The van der Waals surface area contributed by atoms with Gasteiger partial charge in [0, 0.05) is 11.6 Å². The number of hydrogen-bond acceptors (Lipinski definition) is 5. The van der Waals surface area contributed by atoms with E-state index in [9.17, 15) is 13.2 Å². The van der Waals surface area contributed by atoms with Gasteiger partial charge in [0.05, 0.1) is 24.3 Å². The zero-order valence-electron chi connectivity index (χ0n) is 11.3. The number of methoxy groups -OCH3 is 1. The molecule has 1 saturated heterocycles. The summed E-state index contributed by atoms with van der Waals surface area (Å²) in [5, 5.41) is 2.84. The van der Waals surface area contributed by atoms with Gasteiger partial charge in [0.1, 0.15) is 15.6 Å². The summed E-state index contributed by atoms with van der Waals surface area (Å²) in [6.45, 7) is 0. The van der Waals surface area contributed by atoms with Gasteiger partial charge in [-0.3, -0.25) is 4.79 Å². The second-order valence-corrected chi connectivity index (χ2v) is 7.16. The Morgan fingerprint density at radius 1 is 1.35 bits per heavy atom. The molecule has 1 aliphatic heterocycles. The third-order valence-electron chi connectivity index (χ3n) is 3.38. The van der Waals surface area contributed by atoms with Crippen LogP contribution in [0.25, 0.3) is 0 Å². The molecule has 110 valence electrons. The lowest BCUT2D eigenvalue weighted by molar-refractivity contribution is 0.0934. The fourth-order valence-electron chi connectivity index (χ4n) is 2.18. The molecule has 0 saturated carbocycles. The van der Waals surface area contributed by atoms with E-state index in [4.69, 9.17) is 10.5 Å². The maximum absolute atomic E-state index is 12.1. The monoisotopic (exact) mass is 298 g/mol. The van der Waals surface area contributed by atoms with Crippen LogP contribution in [0.2, 0.25) is 0 Å². The van der Waals surface area contributed by atoms with Gasteiger partial charge in [-0.2, -0.15) is 0 Å². The first kappa shape index (κ1) is 14.6. The summed E-state index contributed by atoms with van der Waals surface area (Å²) >= 11 is 0. The molecule has 1 fully saturated rings. The number of amides is 1. The van der Waals surface area contributed by atoms with Crippen LogP contribution < -0.4 is 15.8 Å². The van der Waals surface area contributed by atoms with Crippen LogP contribution in [0.1, 0.15) is 23.2 Å². The van der Waals surface area contributed by atoms with E-state index >= 15 is 0 Å². The highest BCUT2D eigenvalue weighted by atomic mass is 32.2. The van der Waals surface area contributed by atoms with Crippen molar-refractivity contribution in [2.75, 3.05) is 24.3 Å². The fraction of sp³-hybridized carbons (Fsp3) is 0.462. The second kappa shape index (κ2) is 5.70. The molecule has 2 rings (SSSR count). The van der Waals surface area contributed by atoms with Crippen LogP contribution in [0.3, 0.4) is 0 Å². The van der Waals surface area contributed by atoms with Crippen LogP contribution in [0, 0.1) is 0 Å². The Bertz CT molecular complexity index is 599. The van der Waals surface area contributed by atoms with Crippen molar-refractivity contribution in [1.29, 1.82) is 0 Å². The molecule has 1 amide bonds. The number of ether oxygens (including phenoxy) is 1. The highest BCUT2D eigenvalue weighted by Crippen LogP contribution is 2.22. The lowest BCUT2D eigenvalue weighted by atomic mass is 10.1. The molecule has 0 radical (unpaired) electrons. The van der Waals surface area contributed by atoms with Crippen molar-refractivity contribution in [1.82, 2.24) is 5.32 Å². The Labute approximate surface area is 118 Å².